The molecule has 0 saturated carbocycles. The van der Waals surface area contributed by atoms with E-state index in [4.69, 9.17) is 15.9 Å². The summed E-state index contributed by atoms with van der Waals surface area (Å²) in [5.74, 6) is -0.386. The highest BCUT2D eigenvalue weighted by atomic mass is 16.3. The van der Waals surface area contributed by atoms with E-state index in [1.165, 1.54) is 38.5 Å². The van der Waals surface area contributed by atoms with Crippen LogP contribution in [0.5, 0.6) is 0 Å². The van der Waals surface area contributed by atoms with E-state index < -0.39 is 5.41 Å². The van der Waals surface area contributed by atoms with Crippen LogP contribution < -0.4 is 5.73 Å². The molecule has 0 aliphatic rings. The molecule has 0 heterocycles. The minimum Gasteiger partial charge on any atom is -0.396 e. The molecule has 0 aromatic rings. The smallest absolute Gasteiger partial charge is 0.223 e. The van der Waals surface area contributed by atoms with Crippen molar-refractivity contribution < 1.29 is 15.0 Å². The maximum Gasteiger partial charge on any atom is 0.223 e. The molecule has 0 atom stereocenters. The standard InChI is InChI=1S/C16H33NO3/c1-2-3-4-5-6-7-8-9-10-16(11-13-18,12-14-19)15(17)20/h18-19H,2-14H2,1H3,(H2,17,20). The minimum atomic E-state index is -0.717. The third kappa shape index (κ3) is 7.85. The summed E-state index contributed by atoms with van der Waals surface area (Å²) in [6.45, 7) is 2.10. The van der Waals surface area contributed by atoms with Crippen LogP contribution in [0.4, 0.5) is 0 Å². The first-order valence-electron chi connectivity index (χ1n) is 8.14. The normalized spacial score (nSPS) is 11.8. The van der Waals surface area contributed by atoms with Crippen LogP contribution in [0.15, 0.2) is 0 Å². The van der Waals surface area contributed by atoms with E-state index in [2.05, 4.69) is 6.92 Å². The van der Waals surface area contributed by atoms with Crippen LogP contribution in [-0.2, 0) is 4.79 Å². The molecule has 0 saturated heterocycles. The number of carbonyl (C=O) groups is 1. The zero-order valence-corrected chi connectivity index (χ0v) is 13.1. The highest BCUT2D eigenvalue weighted by Crippen LogP contribution is 2.32. The average molecular weight is 287 g/mol. The fraction of sp³-hybridized carbons (Fsp3) is 0.938. The Labute approximate surface area is 123 Å². The quantitative estimate of drug-likeness (QED) is 0.430. The number of hydrogen-bond acceptors (Lipinski definition) is 3. The van der Waals surface area contributed by atoms with Crippen molar-refractivity contribution in [3.05, 3.63) is 0 Å². The van der Waals surface area contributed by atoms with Gasteiger partial charge in [0.25, 0.3) is 0 Å². The van der Waals surface area contributed by atoms with Crippen molar-refractivity contribution in [3.8, 4) is 0 Å². The van der Waals surface area contributed by atoms with Gasteiger partial charge in [-0.1, -0.05) is 58.3 Å². The second-order valence-electron chi connectivity index (χ2n) is 5.82. The molecule has 0 fully saturated rings. The fourth-order valence-electron chi connectivity index (χ4n) is 2.77. The van der Waals surface area contributed by atoms with E-state index in [1.54, 1.807) is 0 Å². The molecule has 0 aliphatic heterocycles. The van der Waals surface area contributed by atoms with Crippen LogP contribution in [-0.4, -0.2) is 29.3 Å². The van der Waals surface area contributed by atoms with E-state index in [0.29, 0.717) is 19.3 Å². The Morgan fingerprint density at radius 1 is 0.850 bits per heavy atom. The zero-order chi connectivity index (χ0) is 15.3. The molecule has 20 heavy (non-hydrogen) atoms. The van der Waals surface area contributed by atoms with E-state index in [1.807, 2.05) is 0 Å². The van der Waals surface area contributed by atoms with E-state index >= 15 is 0 Å². The predicted molar refractivity (Wildman–Crippen MR) is 82.3 cm³/mol. The number of aliphatic hydroxyl groups is 2. The van der Waals surface area contributed by atoms with Crippen molar-refractivity contribution >= 4 is 5.91 Å². The Hall–Kier alpha value is -0.610. The number of unbranched alkanes of at least 4 members (excludes halogenated alkanes) is 7. The third-order valence-electron chi connectivity index (χ3n) is 4.21. The van der Waals surface area contributed by atoms with Crippen LogP contribution in [0.2, 0.25) is 0 Å². The number of carbonyl (C=O) groups excluding carboxylic acids is 1. The van der Waals surface area contributed by atoms with E-state index in [-0.39, 0.29) is 19.1 Å². The summed E-state index contributed by atoms with van der Waals surface area (Å²) >= 11 is 0. The Morgan fingerprint density at radius 2 is 1.30 bits per heavy atom. The molecule has 0 radical (unpaired) electrons. The summed E-state index contributed by atoms with van der Waals surface area (Å²) < 4.78 is 0. The lowest BCUT2D eigenvalue weighted by Crippen LogP contribution is -2.39. The lowest BCUT2D eigenvalue weighted by molar-refractivity contribution is -0.130. The molecule has 0 aliphatic carbocycles. The summed E-state index contributed by atoms with van der Waals surface area (Å²) in [7, 11) is 0. The molecule has 0 unspecified atom stereocenters. The van der Waals surface area contributed by atoms with Crippen LogP contribution >= 0.6 is 0 Å². The molecule has 4 N–H and O–H groups in total. The number of primary amides is 1. The monoisotopic (exact) mass is 287 g/mol. The van der Waals surface area contributed by atoms with Gasteiger partial charge in [0, 0.05) is 13.2 Å². The van der Waals surface area contributed by atoms with Gasteiger partial charge in [-0.15, -0.1) is 0 Å². The Bertz CT molecular complexity index is 238. The SMILES string of the molecule is CCCCCCCCCCC(CCO)(CCO)C(N)=O. The van der Waals surface area contributed by atoms with Gasteiger partial charge in [0.2, 0.25) is 5.91 Å². The van der Waals surface area contributed by atoms with Gasteiger partial charge in [-0.05, 0) is 19.3 Å². The molecule has 0 bridgehead atoms. The molecule has 0 aromatic heterocycles. The lowest BCUT2D eigenvalue weighted by atomic mass is 9.76. The third-order valence-corrected chi connectivity index (χ3v) is 4.21. The van der Waals surface area contributed by atoms with Crippen LogP contribution in [0.1, 0.15) is 77.6 Å². The van der Waals surface area contributed by atoms with E-state index in [0.717, 1.165) is 12.8 Å². The van der Waals surface area contributed by atoms with Crippen LogP contribution in [0, 0.1) is 5.41 Å². The highest BCUT2D eigenvalue weighted by molar-refractivity contribution is 5.80. The lowest BCUT2D eigenvalue weighted by Gasteiger charge is -2.29. The summed E-state index contributed by atoms with van der Waals surface area (Å²) in [6.07, 6.45) is 11.1. The highest BCUT2D eigenvalue weighted by Gasteiger charge is 2.34. The van der Waals surface area contributed by atoms with Gasteiger partial charge < -0.3 is 15.9 Å². The molecular weight excluding hydrogens is 254 g/mol. The predicted octanol–water partition coefficient (Wildman–Crippen LogP) is 2.75. The summed E-state index contributed by atoms with van der Waals surface area (Å²) in [6, 6.07) is 0. The van der Waals surface area contributed by atoms with Gasteiger partial charge in [0.15, 0.2) is 0 Å². The largest absolute Gasteiger partial charge is 0.396 e. The number of amides is 1. The first kappa shape index (κ1) is 19.4. The first-order valence-corrected chi connectivity index (χ1v) is 8.14. The van der Waals surface area contributed by atoms with Gasteiger partial charge in [-0.2, -0.15) is 0 Å². The number of hydrogen-bond donors (Lipinski definition) is 3. The maximum atomic E-state index is 11.6. The van der Waals surface area contributed by atoms with E-state index in [9.17, 15) is 4.79 Å². The van der Waals surface area contributed by atoms with Gasteiger partial charge in [-0.3, -0.25) is 4.79 Å². The molecule has 120 valence electrons. The minimum absolute atomic E-state index is 0.0556. The molecule has 1 amide bonds. The van der Waals surface area contributed by atoms with Gasteiger partial charge in [0.1, 0.15) is 0 Å². The summed E-state index contributed by atoms with van der Waals surface area (Å²) in [5.41, 5.74) is 4.76. The van der Waals surface area contributed by atoms with Crippen molar-refractivity contribution in [2.75, 3.05) is 13.2 Å². The number of nitrogens with two attached hydrogens (primary N) is 1. The summed E-state index contributed by atoms with van der Waals surface area (Å²) in [5, 5.41) is 18.2. The maximum absolute atomic E-state index is 11.6. The van der Waals surface area contributed by atoms with Crippen molar-refractivity contribution in [1.82, 2.24) is 0 Å². The molecule has 0 aromatic carbocycles. The topological polar surface area (TPSA) is 83.6 Å². The van der Waals surface area contributed by atoms with Crippen LogP contribution in [0.25, 0.3) is 0 Å². The zero-order valence-electron chi connectivity index (χ0n) is 13.1. The molecule has 0 spiro atoms. The van der Waals surface area contributed by atoms with Crippen molar-refractivity contribution in [3.63, 3.8) is 0 Å². The Morgan fingerprint density at radius 3 is 1.70 bits per heavy atom. The summed E-state index contributed by atoms with van der Waals surface area (Å²) in [4.78, 5) is 11.6. The fourth-order valence-corrected chi connectivity index (χ4v) is 2.77. The number of aliphatic hydroxyl groups excluding tert-OH is 2. The Kier molecular flexibility index (Phi) is 11.8. The molecule has 4 nitrogen and oxygen atoms in total. The van der Waals surface area contributed by atoms with Gasteiger partial charge in [0.05, 0.1) is 5.41 Å². The Balaban J connectivity index is 3.93. The second-order valence-corrected chi connectivity index (χ2v) is 5.82. The first-order chi connectivity index (χ1) is 9.63. The van der Waals surface area contributed by atoms with Crippen molar-refractivity contribution in [2.45, 2.75) is 77.6 Å². The van der Waals surface area contributed by atoms with Crippen LogP contribution in [0.3, 0.4) is 0 Å². The molecule has 4 heteroatoms. The average Bonchev–Trinajstić information content (AvgIpc) is 2.42. The van der Waals surface area contributed by atoms with Crippen molar-refractivity contribution in [2.24, 2.45) is 11.1 Å². The van der Waals surface area contributed by atoms with Gasteiger partial charge in [-0.25, -0.2) is 0 Å². The van der Waals surface area contributed by atoms with Gasteiger partial charge >= 0.3 is 0 Å². The molecule has 0 rings (SSSR count). The molecular formula is C16H33NO3. The number of rotatable bonds is 14. The second kappa shape index (κ2) is 12.2. The van der Waals surface area contributed by atoms with Crippen molar-refractivity contribution in [1.29, 1.82) is 0 Å².